The second-order valence-electron chi connectivity index (χ2n) is 4.35. The molecule has 3 nitrogen and oxygen atoms in total. The van der Waals surface area contributed by atoms with Crippen molar-refractivity contribution < 1.29 is 14.7 Å². The molecule has 2 aromatic rings. The summed E-state index contributed by atoms with van der Waals surface area (Å²) >= 11 is 0. The third-order valence-corrected chi connectivity index (χ3v) is 2.66. The molecule has 104 valence electrons. The van der Waals surface area contributed by atoms with E-state index in [4.69, 9.17) is 5.11 Å². The number of carbonyl (C=O) groups excluding carboxylic acids is 2. The van der Waals surface area contributed by atoms with E-state index in [9.17, 15) is 9.59 Å². The van der Waals surface area contributed by atoms with Gasteiger partial charge in [0.25, 0.3) is 0 Å². The summed E-state index contributed by atoms with van der Waals surface area (Å²) in [5.41, 5.74) is 1.47. The van der Waals surface area contributed by atoms with E-state index in [0.717, 1.165) is 11.1 Å². The summed E-state index contributed by atoms with van der Waals surface area (Å²) in [4.78, 5) is 21.7. The van der Waals surface area contributed by atoms with Crippen LogP contribution in [0.3, 0.4) is 0 Å². The Kier molecular flexibility index (Phi) is 6.33. The molecule has 2 aromatic carbocycles. The third kappa shape index (κ3) is 5.16. The molecule has 0 saturated carbocycles. The lowest BCUT2D eigenvalue weighted by molar-refractivity contribution is -0.124. The van der Waals surface area contributed by atoms with E-state index in [0.29, 0.717) is 0 Å². The monoisotopic (exact) mass is 270 g/mol. The molecule has 2 rings (SSSR count). The summed E-state index contributed by atoms with van der Waals surface area (Å²) in [7, 11) is 0. The normalized spacial score (nSPS) is 10.9. The van der Waals surface area contributed by atoms with Crippen LogP contribution >= 0.6 is 0 Å². The van der Waals surface area contributed by atoms with Crippen LogP contribution in [0.1, 0.15) is 29.8 Å². The van der Waals surface area contributed by atoms with Crippen molar-refractivity contribution in [1.29, 1.82) is 0 Å². The van der Waals surface area contributed by atoms with Crippen LogP contribution in [0.2, 0.25) is 0 Å². The minimum Gasteiger partial charge on any atom is -0.386 e. The van der Waals surface area contributed by atoms with Gasteiger partial charge in [0.2, 0.25) is 0 Å². The van der Waals surface area contributed by atoms with Gasteiger partial charge in [-0.25, -0.2) is 0 Å². The van der Waals surface area contributed by atoms with Crippen molar-refractivity contribution >= 4 is 11.6 Å². The molecule has 0 heterocycles. The maximum Gasteiger partial charge on any atom is 0.193 e. The molecule has 0 saturated heterocycles. The fraction of sp³-hybridized carbons (Fsp3) is 0.176. The first-order valence-electron chi connectivity index (χ1n) is 6.35. The van der Waals surface area contributed by atoms with Crippen molar-refractivity contribution in [2.75, 3.05) is 0 Å². The molecular weight excluding hydrogens is 252 g/mol. The minimum absolute atomic E-state index is 0.0752. The molecule has 0 aromatic heterocycles. The molecule has 0 spiro atoms. The Morgan fingerprint density at radius 3 is 1.40 bits per heavy atom. The molecule has 0 aliphatic heterocycles. The highest BCUT2D eigenvalue weighted by atomic mass is 16.3. The maximum atomic E-state index is 11.8. The van der Waals surface area contributed by atoms with Crippen molar-refractivity contribution in [3.05, 3.63) is 71.8 Å². The summed E-state index contributed by atoms with van der Waals surface area (Å²) in [6, 6.07) is 18.6. The van der Waals surface area contributed by atoms with Crippen LogP contribution in [-0.4, -0.2) is 22.8 Å². The van der Waals surface area contributed by atoms with Gasteiger partial charge in [-0.3, -0.25) is 9.59 Å². The first-order chi connectivity index (χ1) is 9.52. The molecule has 1 unspecified atom stereocenters. The average molecular weight is 270 g/mol. The van der Waals surface area contributed by atoms with Crippen LogP contribution in [-0.2, 0) is 4.79 Å². The van der Waals surface area contributed by atoms with Gasteiger partial charge in [0.1, 0.15) is 6.10 Å². The molecule has 3 heteroatoms. The van der Waals surface area contributed by atoms with Gasteiger partial charge in [0.15, 0.2) is 11.6 Å². The maximum absolute atomic E-state index is 11.8. The average Bonchev–Trinajstić information content (AvgIpc) is 2.49. The zero-order chi connectivity index (χ0) is 15.0. The Bertz CT molecular complexity index is 503. The molecule has 1 N–H and O–H groups in total. The largest absolute Gasteiger partial charge is 0.386 e. The number of hydrogen-bond acceptors (Lipinski definition) is 3. The van der Waals surface area contributed by atoms with Gasteiger partial charge in [-0.1, -0.05) is 60.7 Å². The number of aliphatic hydroxyl groups is 1. The van der Waals surface area contributed by atoms with Crippen molar-refractivity contribution in [3.63, 3.8) is 0 Å². The van der Waals surface area contributed by atoms with E-state index >= 15 is 0 Å². The Morgan fingerprint density at radius 2 is 1.15 bits per heavy atom. The zero-order valence-corrected chi connectivity index (χ0v) is 11.6. The second-order valence-corrected chi connectivity index (χ2v) is 4.35. The van der Waals surface area contributed by atoms with Gasteiger partial charge >= 0.3 is 0 Å². The van der Waals surface area contributed by atoms with Crippen molar-refractivity contribution in [1.82, 2.24) is 0 Å². The quantitative estimate of drug-likeness (QED) is 0.872. The van der Waals surface area contributed by atoms with Gasteiger partial charge < -0.3 is 5.11 Å². The van der Waals surface area contributed by atoms with Gasteiger partial charge in [-0.15, -0.1) is 0 Å². The van der Waals surface area contributed by atoms with Crippen LogP contribution in [0.15, 0.2) is 60.7 Å². The molecule has 0 bridgehead atoms. The molecule has 0 aliphatic rings. The topological polar surface area (TPSA) is 54.4 Å². The van der Waals surface area contributed by atoms with Crippen molar-refractivity contribution in [2.45, 2.75) is 20.0 Å². The van der Waals surface area contributed by atoms with E-state index < -0.39 is 6.10 Å². The summed E-state index contributed by atoms with van der Waals surface area (Å²) in [6.07, 6.45) is -0.787. The van der Waals surface area contributed by atoms with E-state index in [1.807, 2.05) is 60.7 Å². The molecule has 1 atom stereocenters. The lowest BCUT2D eigenvalue weighted by Crippen LogP contribution is -2.10. The SMILES string of the molecule is CC(=O)C(C)O.O=C(c1ccccc1)c1ccccc1. The second kappa shape index (κ2) is 8.02. The van der Waals surface area contributed by atoms with Crippen LogP contribution in [0.5, 0.6) is 0 Å². The van der Waals surface area contributed by atoms with E-state index in [2.05, 4.69) is 0 Å². The number of ketones is 2. The van der Waals surface area contributed by atoms with Gasteiger partial charge in [0, 0.05) is 11.1 Å². The van der Waals surface area contributed by atoms with Gasteiger partial charge in [0.05, 0.1) is 0 Å². The predicted octanol–water partition coefficient (Wildman–Crippen LogP) is 2.87. The smallest absolute Gasteiger partial charge is 0.193 e. The van der Waals surface area contributed by atoms with Crippen LogP contribution in [0, 0.1) is 0 Å². The van der Waals surface area contributed by atoms with Crippen molar-refractivity contribution in [2.24, 2.45) is 0 Å². The third-order valence-electron chi connectivity index (χ3n) is 2.66. The Labute approximate surface area is 118 Å². The molecule has 0 amide bonds. The Morgan fingerprint density at radius 1 is 0.850 bits per heavy atom. The van der Waals surface area contributed by atoms with Gasteiger partial charge in [-0.2, -0.15) is 0 Å². The highest BCUT2D eigenvalue weighted by molar-refractivity contribution is 6.08. The van der Waals surface area contributed by atoms with Crippen LogP contribution in [0.4, 0.5) is 0 Å². The fourth-order valence-corrected chi connectivity index (χ4v) is 1.35. The van der Waals surface area contributed by atoms with E-state index in [1.54, 1.807) is 0 Å². The minimum atomic E-state index is -0.787. The number of aliphatic hydroxyl groups excluding tert-OH is 1. The summed E-state index contributed by atoms with van der Waals surface area (Å²) in [5.74, 6) is -0.110. The molecule has 0 fully saturated rings. The van der Waals surface area contributed by atoms with Crippen LogP contribution in [0.25, 0.3) is 0 Å². The standard InChI is InChI=1S/C13H10O.C4H8O2/c14-13(11-7-3-1-4-8-11)12-9-5-2-6-10-12;1-3(5)4(2)6/h1-10H;3,5H,1-2H3. The summed E-state index contributed by atoms with van der Waals surface area (Å²) in [6.45, 7) is 2.80. The fourth-order valence-electron chi connectivity index (χ4n) is 1.35. The number of Topliss-reactive ketones (excluding diaryl/α,β-unsaturated/α-hetero) is 1. The molecule has 20 heavy (non-hydrogen) atoms. The molecular formula is C17H18O3. The lowest BCUT2D eigenvalue weighted by Gasteiger charge is -1.99. The summed E-state index contributed by atoms with van der Waals surface area (Å²) in [5, 5.41) is 8.28. The predicted molar refractivity (Wildman–Crippen MR) is 78.7 cm³/mol. The summed E-state index contributed by atoms with van der Waals surface area (Å²) < 4.78 is 0. The highest BCUT2D eigenvalue weighted by Crippen LogP contribution is 2.08. The lowest BCUT2D eigenvalue weighted by atomic mass is 10.0. The number of hydrogen-bond donors (Lipinski definition) is 1. The first-order valence-corrected chi connectivity index (χ1v) is 6.35. The van der Waals surface area contributed by atoms with Crippen LogP contribution < -0.4 is 0 Å². The molecule has 0 radical (unpaired) electrons. The Balaban J connectivity index is 0.000000286. The van der Waals surface area contributed by atoms with E-state index in [1.165, 1.54) is 13.8 Å². The Hall–Kier alpha value is -2.26. The highest BCUT2D eigenvalue weighted by Gasteiger charge is 2.06. The zero-order valence-electron chi connectivity index (χ0n) is 11.6. The van der Waals surface area contributed by atoms with Crippen molar-refractivity contribution in [3.8, 4) is 0 Å². The number of benzene rings is 2. The molecule has 0 aliphatic carbocycles. The number of rotatable bonds is 3. The van der Waals surface area contributed by atoms with E-state index in [-0.39, 0.29) is 11.6 Å². The number of carbonyl (C=O) groups is 2. The van der Waals surface area contributed by atoms with Gasteiger partial charge in [-0.05, 0) is 13.8 Å². The first kappa shape index (κ1) is 15.8.